The van der Waals surface area contributed by atoms with E-state index < -0.39 is 6.55 Å². The van der Waals surface area contributed by atoms with Crippen molar-refractivity contribution in [2.75, 3.05) is 17.8 Å². The molecule has 0 aliphatic carbocycles. The lowest BCUT2D eigenvalue weighted by molar-refractivity contribution is -0.115. The lowest BCUT2D eigenvalue weighted by atomic mass is 10.1. The monoisotopic (exact) mass is 338 g/mol. The number of carbonyl (C=O) groups excluding carboxylic acids is 1. The third-order valence-corrected chi connectivity index (χ3v) is 3.82. The minimum Gasteiger partial charge on any atom is -0.454 e. The molecule has 0 spiro atoms. The van der Waals surface area contributed by atoms with E-state index in [9.17, 15) is 13.6 Å². The van der Waals surface area contributed by atoms with Crippen LogP contribution in [0, 0.1) is 13.8 Å². The average Bonchev–Trinajstić information content (AvgIpc) is 3.06. The number of amides is 1. The van der Waals surface area contributed by atoms with Crippen molar-refractivity contribution in [2.45, 2.75) is 26.8 Å². The van der Waals surface area contributed by atoms with Gasteiger partial charge in [-0.2, -0.15) is 13.9 Å². The van der Waals surface area contributed by atoms with Gasteiger partial charge >= 0.3 is 6.55 Å². The molecule has 3 rings (SSSR count). The van der Waals surface area contributed by atoms with E-state index in [4.69, 9.17) is 15.2 Å². The fourth-order valence-electron chi connectivity index (χ4n) is 2.56. The quantitative estimate of drug-likeness (QED) is 0.835. The van der Waals surface area contributed by atoms with Crippen LogP contribution < -0.4 is 20.5 Å². The molecule has 3 N–H and O–H groups in total. The number of aromatic nitrogens is 2. The van der Waals surface area contributed by atoms with Crippen molar-refractivity contribution in [2.24, 2.45) is 0 Å². The number of benzene rings is 1. The van der Waals surface area contributed by atoms with E-state index in [0.29, 0.717) is 38.8 Å². The summed E-state index contributed by atoms with van der Waals surface area (Å²) >= 11 is 0. The number of halogens is 2. The summed E-state index contributed by atoms with van der Waals surface area (Å²) in [5.74, 6) is 0.605. The van der Waals surface area contributed by atoms with Gasteiger partial charge in [0.1, 0.15) is 0 Å². The van der Waals surface area contributed by atoms with Crippen LogP contribution >= 0.6 is 0 Å². The summed E-state index contributed by atoms with van der Waals surface area (Å²) in [4.78, 5) is 12.3. The van der Waals surface area contributed by atoms with Crippen LogP contribution in [0.15, 0.2) is 12.1 Å². The predicted molar refractivity (Wildman–Crippen MR) is 82.3 cm³/mol. The zero-order valence-electron chi connectivity index (χ0n) is 13.1. The standard InChI is InChI=1S/C15H16F2N4O3/c1-7-9(8(2)21(20-7)15(16)17)3-14(22)19-11-5-13-12(4-10(11)18)23-6-24-13/h4-5,15H,3,6,18H2,1-2H3,(H,19,22). The van der Waals surface area contributed by atoms with E-state index >= 15 is 0 Å². The molecule has 0 atom stereocenters. The molecule has 24 heavy (non-hydrogen) atoms. The van der Waals surface area contributed by atoms with Gasteiger partial charge in [0.05, 0.1) is 23.5 Å². The van der Waals surface area contributed by atoms with Gasteiger partial charge in [-0.25, -0.2) is 4.68 Å². The molecular formula is C15H16F2N4O3. The molecule has 0 radical (unpaired) electrons. The van der Waals surface area contributed by atoms with Crippen LogP contribution in [-0.4, -0.2) is 22.5 Å². The van der Waals surface area contributed by atoms with E-state index in [-0.39, 0.29) is 24.8 Å². The summed E-state index contributed by atoms with van der Waals surface area (Å²) in [7, 11) is 0. The van der Waals surface area contributed by atoms with Crippen molar-refractivity contribution in [3.8, 4) is 11.5 Å². The van der Waals surface area contributed by atoms with E-state index in [2.05, 4.69) is 10.4 Å². The largest absolute Gasteiger partial charge is 0.454 e. The molecule has 1 aromatic heterocycles. The Bertz CT molecular complexity index is 805. The summed E-state index contributed by atoms with van der Waals surface area (Å²) in [6.07, 6.45) is -0.0851. The first-order chi connectivity index (χ1) is 11.4. The molecule has 2 aromatic rings. The number of nitrogens with zero attached hydrogens (tertiary/aromatic N) is 2. The maximum atomic E-state index is 12.8. The molecule has 2 heterocycles. The molecule has 0 fully saturated rings. The van der Waals surface area contributed by atoms with Gasteiger partial charge < -0.3 is 20.5 Å². The number of rotatable bonds is 4. The maximum Gasteiger partial charge on any atom is 0.333 e. The smallest absolute Gasteiger partial charge is 0.333 e. The molecule has 0 saturated carbocycles. The van der Waals surface area contributed by atoms with Crippen LogP contribution in [-0.2, 0) is 11.2 Å². The topological polar surface area (TPSA) is 91.4 Å². The van der Waals surface area contributed by atoms with Gasteiger partial charge in [-0.1, -0.05) is 0 Å². The molecule has 128 valence electrons. The van der Waals surface area contributed by atoms with Gasteiger partial charge in [-0.15, -0.1) is 0 Å². The molecule has 9 heteroatoms. The highest BCUT2D eigenvalue weighted by Gasteiger charge is 2.21. The molecule has 0 bridgehead atoms. The Balaban J connectivity index is 1.77. The second-order valence-corrected chi connectivity index (χ2v) is 5.39. The number of anilines is 2. The number of ether oxygens (including phenoxy) is 2. The highest BCUT2D eigenvalue weighted by Crippen LogP contribution is 2.38. The van der Waals surface area contributed by atoms with Crippen LogP contribution in [0.25, 0.3) is 0 Å². The number of alkyl halides is 2. The summed E-state index contributed by atoms with van der Waals surface area (Å²) in [6.45, 7) is 0.440. The molecule has 1 aliphatic heterocycles. The first kappa shape index (κ1) is 16.0. The Morgan fingerprint density at radius 3 is 2.67 bits per heavy atom. The van der Waals surface area contributed by atoms with Crippen molar-refractivity contribution in [1.82, 2.24) is 9.78 Å². The fourth-order valence-corrected chi connectivity index (χ4v) is 2.56. The summed E-state index contributed by atoms with van der Waals surface area (Å²) < 4.78 is 36.7. The van der Waals surface area contributed by atoms with Crippen LogP contribution in [0.4, 0.5) is 20.2 Å². The van der Waals surface area contributed by atoms with E-state index in [0.717, 1.165) is 0 Å². The molecular weight excluding hydrogens is 322 g/mol. The number of carbonyl (C=O) groups is 1. The lowest BCUT2D eigenvalue weighted by Gasteiger charge is -2.10. The molecule has 1 aliphatic rings. The van der Waals surface area contributed by atoms with Crippen LogP contribution in [0.1, 0.15) is 23.5 Å². The first-order valence-electron chi connectivity index (χ1n) is 7.18. The molecule has 0 unspecified atom stereocenters. The Hall–Kier alpha value is -2.84. The number of nitrogens with two attached hydrogens (primary N) is 1. The highest BCUT2D eigenvalue weighted by molar-refractivity contribution is 5.96. The van der Waals surface area contributed by atoms with Gasteiger partial charge in [0.2, 0.25) is 12.7 Å². The van der Waals surface area contributed by atoms with Crippen LogP contribution in [0.2, 0.25) is 0 Å². The SMILES string of the molecule is Cc1nn(C(F)F)c(C)c1CC(=O)Nc1cc2c(cc1N)OCO2. The van der Waals surface area contributed by atoms with E-state index in [1.165, 1.54) is 6.92 Å². The van der Waals surface area contributed by atoms with Crippen LogP contribution in [0.5, 0.6) is 11.5 Å². The summed E-state index contributed by atoms with van der Waals surface area (Å²) in [5.41, 5.74) is 7.69. The summed E-state index contributed by atoms with van der Waals surface area (Å²) in [6, 6.07) is 3.13. The van der Waals surface area contributed by atoms with Crippen molar-refractivity contribution < 1.29 is 23.0 Å². The van der Waals surface area contributed by atoms with Crippen molar-refractivity contribution in [3.05, 3.63) is 29.1 Å². The zero-order chi connectivity index (χ0) is 17.4. The molecule has 1 amide bonds. The number of hydrogen-bond acceptors (Lipinski definition) is 5. The van der Waals surface area contributed by atoms with E-state index in [1.54, 1.807) is 19.1 Å². The fraction of sp³-hybridized carbons (Fsp3) is 0.333. The van der Waals surface area contributed by atoms with Crippen molar-refractivity contribution in [1.29, 1.82) is 0 Å². The lowest BCUT2D eigenvalue weighted by Crippen LogP contribution is -2.16. The second-order valence-electron chi connectivity index (χ2n) is 5.39. The minimum atomic E-state index is -2.75. The number of fused-ring (bicyclic) bond motifs is 1. The third kappa shape index (κ3) is 2.84. The Morgan fingerprint density at radius 1 is 1.38 bits per heavy atom. The minimum absolute atomic E-state index is 0.0851. The molecule has 7 nitrogen and oxygen atoms in total. The third-order valence-electron chi connectivity index (χ3n) is 3.82. The highest BCUT2D eigenvalue weighted by atomic mass is 19.3. The average molecular weight is 338 g/mol. The van der Waals surface area contributed by atoms with Gasteiger partial charge in [-0.05, 0) is 13.8 Å². The van der Waals surface area contributed by atoms with Gasteiger partial charge in [-0.3, -0.25) is 4.79 Å². The number of nitrogen functional groups attached to an aromatic ring is 1. The normalized spacial score (nSPS) is 12.7. The predicted octanol–water partition coefficient (Wildman–Crippen LogP) is 2.39. The molecule has 1 aromatic carbocycles. The van der Waals surface area contributed by atoms with Crippen molar-refractivity contribution in [3.63, 3.8) is 0 Å². The van der Waals surface area contributed by atoms with E-state index in [1.807, 2.05) is 0 Å². The van der Waals surface area contributed by atoms with Gasteiger partial charge in [0.25, 0.3) is 0 Å². The Morgan fingerprint density at radius 2 is 2.04 bits per heavy atom. The Kier molecular flexibility index (Phi) is 4.00. The first-order valence-corrected chi connectivity index (χ1v) is 7.18. The number of aryl methyl sites for hydroxylation is 1. The van der Waals surface area contributed by atoms with Crippen molar-refractivity contribution >= 4 is 17.3 Å². The van der Waals surface area contributed by atoms with Crippen LogP contribution in [0.3, 0.4) is 0 Å². The van der Waals surface area contributed by atoms with Gasteiger partial charge in [0.15, 0.2) is 11.5 Å². The Labute approximate surface area is 136 Å². The summed E-state index contributed by atoms with van der Waals surface area (Å²) in [5, 5.41) is 6.42. The number of nitrogens with one attached hydrogen (secondary N) is 1. The molecule has 0 saturated heterocycles. The van der Waals surface area contributed by atoms with Gasteiger partial charge in [0, 0.05) is 23.4 Å². The second kappa shape index (κ2) is 5.99. The number of hydrogen-bond donors (Lipinski definition) is 2. The maximum absolute atomic E-state index is 12.8. The zero-order valence-corrected chi connectivity index (χ0v) is 13.1.